The van der Waals surface area contributed by atoms with Gasteiger partial charge in [-0.2, -0.15) is 6.41 Å². The maximum Gasteiger partial charge on any atom is 2.00 e. The summed E-state index contributed by atoms with van der Waals surface area (Å²) in [4.78, 5) is 40.4. The standard InChI is InChI=1S/C21H21N4O5.C5H11NO2.W/c1-28-18-10-17-15(9-19(18)30-8-7-20(27)29-2)21(24-12-23-17)25-16-6-4-3-5-14(16)11-22-13-26;1-5(2,3)8-4(6)7;/h3-6,9-10,12H,7-8,11H2,1-2H3,(H,22,26)(H,23,24,25);1-3H3,(H2,6,7);/q-1;;+2/p-1. The molecule has 1 aromatic heterocycles. The van der Waals surface area contributed by atoms with E-state index in [-0.39, 0.29) is 40.1 Å². The van der Waals surface area contributed by atoms with E-state index >= 15 is 0 Å². The molecule has 2 amide bonds. The van der Waals surface area contributed by atoms with E-state index in [9.17, 15) is 14.4 Å². The monoisotopic (exact) mass is 709 g/mol. The smallest absolute Gasteiger partial charge is 0.632 e. The van der Waals surface area contributed by atoms with Gasteiger partial charge in [0.1, 0.15) is 17.7 Å². The molecule has 39 heavy (non-hydrogen) atoms. The summed E-state index contributed by atoms with van der Waals surface area (Å²) in [6, 6.07) is 11.0. The first-order chi connectivity index (χ1) is 18.1. The second kappa shape index (κ2) is 16.1. The van der Waals surface area contributed by atoms with Gasteiger partial charge in [-0.3, -0.25) is 9.59 Å². The van der Waals surface area contributed by atoms with Crippen LogP contribution in [0.15, 0.2) is 42.7 Å². The molecule has 0 aliphatic carbocycles. The predicted molar refractivity (Wildman–Crippen MR) is 141 cm³/mol. The first-order valence-electron chi connectivity index (χ1n) is 11.5. The van der Waals surface area contributed by atoms with E-state index in [2.05, 4.69) is 30.1 Å². The van der Waals surface area contributed by atoms with Gasteiger partial charge in [0.15, 0.2) is 11.5 Å². The number of benzene rings is 2. The van der Waals surface area contributed by atoms with Crippen LogP contribution in [0.5, 0.6) is 11.5 Å². The third-order valence-corrected chi connectivity index (χ3v) is 4.73. The van der Waals surface area contributed by atoms with Crippen molar-refractivity contribution in [1.29, 1.82) is 0 Å². The summed E-state index contributed by atoms with van der Waals surface area (Å²) < 4.78 is 20.2. The summed E-state index contributed by atoms with van der Waals surface area (Å²) in [5, 5.41) is 6.52. The van der Waals surface area contributed by atoms with E-state index in [0.29, 0.717) is 34.8 Å². The van der Waals surface area contributed by atoms with Gasteiger partial charge < -0.3 is 40.1 Å². The molecule has 12 nitrogen and oxygen atoms in total. The van der Waals surface area contributed by atoms with Crippen molar-refractivity contribution < 1.29 is 54.4 Å². The fourth-order valence-electron chi connectivity index (χ4n) is 3.12. The van der Waals surface area contributed by atoms with E-state index in [1.165, 1.54) is 20.5 Å². The second-order valence-corrected chi connectivity index (χ2v) is 8.66. The number of nitrogens with zero attached hydrogens (tertiary/aromatic N) is 2. The van der Waals surface area contributed by atoms with Crippen molar-refractivity contribution in [2.75, 3.05) is 26.1 Å². The summed E-state index contributed by atoms with van der Waals surface area (Å²) in [5.41, 5.74) is 8.16. The molecule has 2 aromatic carbocycles. The van der Waals surface area contributed by atoms with Crippen molar-refractivity contribution in [2.45, 2.75) is 39.3 Å². The SMILES string of the molecule is CC(C)(C)OC([NH-])=O.COC(=O)CCOc1cc2c(Nc3ccccc3CN[C-]=O)ncnc2cc1OC.[W+2]. The van der Waals surface area contributed by atoms with Crippen molar-refractivity contribution in [1.82, 2.24) is 15.3 Å². The Balaban J connectivity index is 0.000000737. The van der Waals surface area contributed by atoms with Crippen LogP contribution in [0, 0.1) is 0 Å². The number of nitrogens with one attached hydrogen (secondary N) is 3. The van der Waals surface area contributed by atoms with Gasteiger partial charge in [-0.25, -0.2) is 9.97 Å². The summed E-state index contributed by atoms with van der Waals surface area (Å²) in [6.45, 7) is 5.63. The van der Waals surface area contributed by atoms with Crippen molar-refractivity contribution in [3.05, 3.63) is 54.0 Å². The molecule has 13 heteroatoms. The Labute approximate surface area is 241 Å². The molecule has 0 unspecified atom stereocenters. The minimum absolute atomic E-state index is 0. The molecule has 0 saturated heterocycles. The molecular weight excluding hydrogens is 678 g/mol. The van der Waals surface area contributed by atoms with Gasteiger partial charge in [0, 0.05) is 23.7 Å². The van der Waals surface area contributed by atoms with Gasteiger partial charge in [-0.15, -0.1) is 0 Å². The van der Waals surface area contributed by atoms with Gasteiger partial charge in [0.2, 0.25) is 6.09 Å². The number of fused-ring (bicyclic) bond motifs is 1. The molecule has 3 aromatic rings. The maximum absolute atomic E-state index is 11.3. The van der Waals surface area contributed by atoms with Gasteiger partial charge in [-0.1, -0.05) is 18.2 Å². The largest absolute Gasteiger partial charge is 2.00 e. The number of hydrogen-bond acceptors (Lipinski definition) is 10. The molecule has 0 saturated carbocycles. The Bertz CT molecular complexity index is 1250. The number of carbonyl (C=O) groups is 2. The Kier molecular flexibility index (Phi) is 13.7. The van der Waals surface area contributed by atoms with Crippen molar-refractivity contribution in [3.63, 3.8) is 0 Å². The summed E-state index contributed by atoms with van der Waals surface area (Å²) >= 11 is 0. The van der Waals surface area contributed by atoms with Gasteiger partial charge in [-0.05, 0) is 38.5 Å². The number of rotatable bonds is 10. The predicted octanol–water partition coefficient (Wildman–Crippen LogP) is 4.45. The molecule has 3 N–H and O–H groups in total. The minimum Gasteiger partial charge on any atom is -0.632 e. The second-order valence-electron chi connectivity index (χ2n) is 8.66. The minimum atomic E-state index is -0.975. The first-order valence-corrected chi connectivity index (χ1v) is 11.5. The molecule has 0 bridgehead atoms. The van der Waals surface area contributed by atoms with Crippen LogP contribution in [0.4, 0.5) is 16.3 Å². The average molecular weight is 709 g/mol. The summed E-state index contributed by atoms with van der Waals surface area (Å²) in [7, 11) is 2.86. The number of amides is 2. The van der Waals surface area contributed by atoms with E-state index < -0.39 is 11.7 Å². The fourth-order valence-corrected chi connectivity index (χ4v) is 3.12. The van der Waals surface area contributed by atoms with E-state index in [4.69, 9.17) is 15.2 Å². The molecule has 0 fully saturated rings. The number of aromatic nitrogens is 2. The van der Waals surface area contributed by atoms with Crippen molar-refractivity contribution >= 4 is 40.9 Å². The fraction of sp³-hybridized carbons (Fsp3) is 0.346. The van der Waals surface area contributed by atoms with Crippen molar-refractivity contribution in [3.8, 4) is 11.5 Å². The Morgan fingerprint density at radius 1 is 1.08 bits per heavy atom. The van der Waals surface area contributed by atoms with Crippen molar-refractivity contribution in [2.24, 2.45) is 0 Å². The average Bonchev–Trinajstić information content (AvgIpc) is 2.86. The zero-order chi connectivity index (χ0) is 28.1. The van der Waals surface area contributed by atoms with E-state index in [1.807, 2.05) is 24.3 Å². The van der Waals surface area contributed by atoms with Crippen LogP contribution in [-0.4, -0.2) is 54.9 Å². The molecule has 208 valence electrons. The molecule has 0 atom stereocenters. The van der Waals surface area contributed by atoms with Crippen LogP contribution in [0.25, 0.3) is 16.6 Å². The molecular formula is C26H31N5O7W. The molecule has 0 aliphatic rings. The van der Waals surface area contributed by atoms with E-state index in [0.717, 1.165) is 11.3 Å². The number of hydrogen-bond donors (Lipinski definition) is 2. The van der Waals surface area contributed by atoms with Crippen LogP contribution in [0.3, 0.4) is 0 Å². The quantitative estimate of drug-likeness (QED) is 0.175. The van der Waals surface area contributed by atoms with Crippen LogP contribution in [0.2, 0.25) is 0 Å². The molecule has 0 aliphatic heterocycles. The number of esters is 1. The Morgan fingerprint density at radius 3 is 2.38 bits per heavy atom. The molecule has 3 rings (SSSR count). The number of methoxy groups -OCH3 is 2. The number of carbonyl (C=O) groups excluding carboxylic acids is 3. The Morgan fingerprint density at radius 2 is 1.79 bits per heavy atom. The zero-order valence-corrected chi connectivity index (χ0v) is 25.3. The van der Waals surface area contributed by atoms with Gasteiger partial charge in [0.25, 0.3) is 0 Å². The summed E-state index contributed by atoms with van der Waals surface area (Å²) in [5.74, 6) is 1.14. The molecule has 0 spiro atoms. The summed E-state index contributed by atoms with van der Waals surface area (Å²) in [6.07, 6.45) is 2.26. The zero-order valence-electron chi connectivity index (χ0n) is 22.3. The first kappa shape index (κ1) is 33.1. The molecule has 1 heterocycles. The third kappa shape index (κ3) is 11.2. The normalized spacial score (nSPS) is 10.2. The molecule has 0 radical (unpaired) electrons. The van der Waals surface area contributed by atoms with Gasteiger partial charge in [0.05, 0.1) is 32.8 Å². The number of para-hydroxylation sites is 1. The topological polar surface area (TPSA) is 162 Å². The van der Waals surface area contributed by atoms with E-state index in [1.54, 1.807) is 39.3 Å². The number of anilines is 2. The van der Waals surface area contributed by atoms with Crippen LogP contribution >= 0.6 is 0 Å². The van der Waals surface area contributed by atoms with Crippen LogP contribution in [-0.2, 0) is 46.7 Å². The maximum atomic E-state index is 11.3. The third-order valence-electron chi connectivity index (χ3n) is 4.73. The Hall–Kier alpha value is -3.92. The van der Waals surface area contributed by atoms with Crippen LogP contribution < -0.4 is 20.1 Å². The van der Waals surface area contributed by atoms with Gasteiger partial charge >= 0.3 is 27.0 Å². The number of ether oxygens (including phenoxy) is 4. The van der Waals surface area contributed by atoms with Crippen LogP contribution in [0.1, 0.15) is 32.8 Å².